The van der Waals surface area contributed by atoms with Crippen molar-refractivity contribution in [2.24, 2.45) is 9.98 Å². The summed E-state index contributed by atoms with van der Waals surface area (Å²) >= 11 is 0. The Morgan fingerprint density at radius 1 is 0.697 bits per heavy atom. The molecule has 4 heteroatoms. The van der Waals surface area contributed by atoms with Crippen molar-refractivity contribution in [3.8, 4) is 0 Å². The van der Waals surface area contributed by atoms with E-state index in [1.54, 1.807) is 0 Å². The number of rotatable bonds is 2. The molecular formula is C29H20N4. The van der Waals surface area contributed by atoms with E-state index in [1.165, 1.54) is 21.7 Å². The normalized spacial score (nSPS) is 13.8. The van der Waals surface area contributed by atoms with Gasteiger partial charge in [-0.15, -0.1) is 0 Å². The van der Waals surface area contributed by atoms with Crippen molar-refractivity contribution in [1.82, 2.24) is 0 Å². The average molecular weight is 425 g/mol. The van der Waals surface area contributed by atoms with E-state index in [4.69, 9.17) is 9.98 Å². The highest BCUT2D eigenvalue weighted by atomic mass is 15.2. The van der Waals surface area contributed by atoms with Gasteiger partial charge in [-0.05, 0) is 54.1 Å². The van der Waals surface area contributed by atoms with Gasteiger partial charge in [0.2, 0.25) is 0 Å². The number of aryl methyl sites for hydroxylation is 1. The molecule has 0 aliphatic carbocycles. The monoisotopic (exact) mass is 424 g/mol. The van der Waals surface area contributed by atoms with Gasteiger partial charge in [-0.3, -0.25) is 4.90 Å². The van der Waals surface area contributed by atoms with Crippen LogP contribution in [0.15, 0.2) is 101 Å². The van der Waals surface area contributed by atoms with Crippen LogP contribution in [0.3, 0.4) is 0 Å². The van der Waals surface area contributed by atoms with Crippen molar-refractivity contribution in [2.45, 2.75) is 6.92 Å². The molecule has 33 heavy (non-hydrogen) atoms. The second kappa shape index (κ2) is 6.78. The van der Waals surface area contributed by atoms with Crippen LogP contribution in [0, 0.1) is 6.92 Å². The van der Waals surface area contributed by atoms with Crippen molar-refractivity contribution in [1.29, 1.82) is 0 Å². The highest BCUT2D eigenvalue weighted by Gasteiger charge is 2.23. The number of benzene rings is 5. The van der Waals surface area contributed by atoms with E-state index in [0.717, 1.165) is 45.2 Å². The van der Waals surface area contributed by atoms with Gasteiger partial charge in [0.05, 0.1) is 22.7 Å². The molecule has 0 spiro atoms. The van der Waals surface area contributed by atoms with Crippen molar-refractivity contribution in [2.75, 3.05) is 10.2 Å². The first-order chi connectivity index (χ1) is 16.3. The van der Waals surface area contributed by atoms with Crippen molar-refractivity contribution < 1.29 is 0 Å². The zero-order valence-corrected chi connectivity index (χ0v) is 18.1. The zero-order valence-electron chi connectivity index (χ0n) is 18.1. The summed E-state index contributed by atoms with van der Waals surface area (Å²) in [5.74, 6) is 0.847. The molecule has 2 aliphatic rings. The topological polar surface area (TPSA) is 40.0 Å². The molecule has 156 valence electrons. The number of nitrogens with one attached hydrogen (secondary N) is 1. The van der Waals surface area contributed by atoms with E-state index >= 15 is 0 Å². The number of aliphatic imine (C=N–C) groups is 2. The maximum absolute atomic E-state index is 5.06. The molecule has 0 radical (unpaired) electrons. The number of hydrogen-bond donors (Lipinski definition) is 1. The van der Waals surface area contributed by atoms with Crippen molar-refractivity contribution >= 4 is 62.2 Å². The molecule has 7 rings (SSSR count). The molecule has 0 unspecified atom stereocenters. The van der Waals surface area contributed by atoms with Gasteiger partial charge < -0.3 is 5.32 Å². The average Bonchev–Trinajstić information content (AvgIpc) is 2.85. The molecule has 0 amide bonds. The molecule has 5 aromatic carbocycles. The van der Waals surface area contributed by atoms with Gasteiger partial charge in [-0.2, -0.15) is 0 Å². The van der Waals surface area contributed by atoms with Crippen LogP contribution in [0.1, 0.15) is 11.1 Å². The first-order valence-electron chi connectivity index (χ1n) is 11.1. The Bertz CT molecular complexity index is 1650. The lowest BCUT2D eigenvalue weighted by Gasteiger charge is -2.29. The Balaban J connectivity index is 1.44. The first-order valence-corrected chi connectivity index (χ1v) is 11.1. The summed E-state index contributed by atoms with van der Waals surface area (Å²) in [6, 6.07) is 31.8. The first kappa shape index (κ1) is 18.2. The third kappa shape index (κ3) is 2.71. The van der Waals surface area contributed by atoms with Crippen molar-refractivity contribution in [3.63, 3.8) is 0 Å². The summed E-state index contributed by atoms with van der Waals surface area (Å²) < 4.78 is 0. The standard InChI is InChI=1S/C29H20N4/c1-18-14-15-25(33-17-30-22-10-2-8-20-9-5-13-26(33)28(20)22)21(16-18)29-31-23-11-3-6-19-7-4-12-24(32-29)27(19)23/h2-17H,1H3,(H,31,32). The SMILES string of the molecule is Cc1ccc(N2C=Nc3cccc4cccc2c34)c(C2=Nc3cccc4cccc(c34)N2)c1. The summed E-state index contributed by atoms with van der Waals surface area (Å²) in [5, 5.41) is 8.32. The van der Waals surface area contributed by atoms with E-state index in [1.807, 2.05) is 6.34 Å². The van der Waals surface area contributed by atoms with Crippen LogP contribution in [-0.2, 0) is 0 Å². The second-order valence-electron chi connectivity index (χ2n) is 8.55. The number of nitrogens with zero attached hydrogens (tertiary/aromatic N) is 3. The fraction of sp³-hybridized carbons (Fsp3) is 0.0345. The van der Waals surface area contributed by atoms with E-state index in [9.17, 15) is 0 Å². The number of amidine groups is 1. The van der Waals surface area contributed by atoms with Gasteiger partial charge in [0.1, 0.15) is 12.2 Å². The minimum absolute atomic E-state index is 0.847. The Kier molecular flexibility index (Phi) is 3.73. The summed E-state index contributed by atoms with van der Waals surface area (Å²) in [4.78, 5) is 12.0. The van der Waals surface area contributed by atoms with Crippen LogP contribution in [0.5, 0.6) is 0 Å². The highest BCUT2D eigenvalue weighted by Crippen LogP contribution is 2.42. The van der Waals surface area contributed by atoms with Gasteiger partial charge in [-0.1, -0.05) is 60.2 Å². The highest BCUT2D eigenvalue weighted by molar-refractivity contribution is 6.22. The van der Waals surface area contributed by atoms with Crippen LogP contribution in [0.4, 0.5) is 28.4 Å². The number of anilines is 3. The van der Waals surface area contributed by atoms with Gasteiger partial charge in [0, 0.05) is 22.0 Å². The molecule has 0 aromatic heterocycles. The van der Waals surface area contributed by atoms with Crippen LogP contribution in [0.2, 0.25) is 0 Å². The molecular weight excluding hydrogens is 404 g/mol. The Hall–Kier alpha value is -4.44. The molecule has 0 saturated carbocycles. The Labute approximate surface area is 191 Å². The largest absolute Gasteiger partial charge is 0.339 e. The van der Waals surface area contributed by atoms with Gasteiger partial charge in [0.15, 0.2) is 0 Å². The fourth-order valence-corrected chi connectivity index (χ4v) is 4.96. The number of hydrogen-bond acceptors (Lipinski definition) is 4. The van der Waals surface area contributed by atoms with Crippen LogP contribution in [-0.4, -0.2) is 12.2 Å². The molecule has 0 saturated heterocycles. The predicted octanol–water partition coefficient (Wildman–Crippen LogP) is 7.62. The maximum Gasteiger partial charge on any atom is 0.140 e. The van der Waals surface area contributed by atoms with E-state index in [2.05, 4.69) is 108 Å². The van der Waals surface area contributed by atoms with Crippen LogP contribution < -0.4 is 10.2 Å². The third-order valence-corrected chi connectivity index (χ3v) is 6.47. The quantitative estimate of drug-likeness (QED) is 0.317. The third-order valence-electron chi connectivity index (χ3n) is 6.47. The Morgan fingerprint density at radius 2 is 1.42 bits per heavy atom. The molecule has 0 bridgehead atoms. The summed E-state index contributed by atoms with van der Waals surface area (Å²) in [6.45, 7) is 2.12. The van der Waals surface area contributed by atoms with E-state index < -0.39 is 0 Å². The zero-order chi connectivity index (χ0) is 21.9. The lowest BCUT2D eigenvalue weighted by atomic mass is 10.0. The molecule has 0 fully saturated rings. The fourth-order valence-electron chi connectivity index (χ4n) is 4.96. The molecule has 5 aromatic rings. The summed E-state index contributed by atoms with van der Waals surface area (Å²) in [7, 11) is 0. The minimum atomic E-state index is 0.847. The van der Waals surface area contributed by atoms with Gasteiger partial charge in [-0.25, -0.2) is 9.98 Å². The van der Waals surface area contributed by atoms with E-state index in [-0.39, 0.29) is 0 Å². The van der Waals surface area contributed by atoms with Crippen molar-refractivity contribution in [3.05, 3.63) is 102 Å². The lowest BCUT2D eigenvalue weighted by molar-refractivity contribution is 1.32. The molecule has 2 heterocycles. The summed E-state index contributed by atoms with van der Waals surface area (Å²) in [6.07, 6.45) is 1.92. The maximum atomic E-state index is 5.06. The summed E-state index contributed by atoms with van der Waals surface area (Å²) in [5.41, 5.74) is 7.48. The lowest BCUT2D eigenvalue weighted by Crippen LogP contribution is -2.23. The van der Waals surface area contributed by atoms with Crippen LogP contribution >= 0.6 is 0 Å². The second-order valence-corrected chi connectivity index (χ2v) is 8.55. The molecule has 1 N–H and O–H groups in total. The van der Waals surface area contributed by atoms with Crippen LogP contribution in [0.25, 0.3) is 21.5 Å². The Morgan fingerprint density at radius 3 is 2.27 bits per heavy atom. The molecule has 4 nitrogen and oxygen atoms in total. The molecule has 2 aliphatic heterocycles. The van der Waals surface area contributed by atoms with E-state index in [0.29, 0.717) is 0 Å². The van der Waals surface area contributed by atoms with Gasteiger partial charge in [0.25, 0.3) is 0 Å². The minimum Gasteiger partial charge on any atom is -0.339 e. The van der Waals surface area contributed by atoms with Gasteiger partial charge >= 0.3 is 0 Å². The smallest absolute Gasteiger partial charge is 0.140 e. The molecule has 0 atom stereocenters. The predicted molar refractivity (Wildman–Crippen MR) is 139 cm³/mol.